The number of halogens is 1. The largest absolute Gasteiger partial charge is 0.494 e. The van der Waals surface area contributed by atoms with Gasteiger partial charge in [0.15, 0.2) is 11.6 Å². The lowest BCUT2D eigenvalue weighted by Crippen LogP contribution is -2.18. The summed E-state index contributed by atoms with van der Waals surface area (Å²) in [7, 11) is 1.41. The van der Waals surface area contributed by atoms with Crippen molar-refractivity contribution in [2.45, 2.75) is 25.5 Å². The quantitative estimate of drug-likeness (QED) is 0.397. The van der Waals surface area contributed by atoms with Crippen molar-refractivity contribution in [3.8, 4) is 11.4 Å². The van der Waals surface area contributed by atoms with Crippen molar-refractivity contribution in [1.82, 2.24) is 30.0 Å². The summed E-state index contributed by atoms with van der Waals surface area (Å²) in [6.45, 7) is 4.27. The van der Waals surface area contributed by atoms with Gasteiger partial charge in [0, 0.05) is 6.07 Å². The number of carbonyl (C=O) groups is 1. The minimum Gasteiger partial charge on any atom is -0.494 e. The maximum absolute atomic E-state index is 14.0. The van der Waals surface area contributed by atoms with Gasteiger partial charge < -0.3 is 10.1 Å². The molecule has 0 spiro atoms. The molecular formula is C22H22FN7O2S. The van der Waals surface area contributed by atoms with Crippen molar-refractivity contribution in [1.29, 1.82) is 0 Å². The topological polar surface area (TPSA) is 99.8 Å². The van der Waals surface area contributed by atoms with Crippen LogP contribution in [0, 0.1) is 19.7 Å². The zero-order valence-corrected chi connectivity index (χ0v) is 19.1. The predicted octanol–water partition coefficient (Wildman–Crippen LogP) is 3.40. The second-order valence-electron chi connectivity index (χ2n) is 7.34. The zero-order valence-electron chi connectivity index (χ0n) is 18.3. The lowest BCUT2D eigenvalue weighted by Gasteiger charge is -2.11. The summed E-state index contributed by atoms with van der Waals surface area (Å²) in [5.41, 5.74) is 3.67. The second kappa shape index (κ2) is 9.82. The van der Waals surface area contributed by atoms with Crippen LogP contribution in [0.1, 0.15) is 16.7 Å². The predicted molar refractivity (Wildman–Crippen MR) is 122 cm³/mol. The SMILES string of the molecule is COc1ccc(Cn2nccc2NC(=O)CSc2nnnn2-c2cc(C)ccc2C)cc1F. The van der Waals surface area contributed by atoms with E-state index in [-0.39, 0.29) is 17.4 Å². The molecule has 0 saturated heterocycles. The Morgan fingerprint density at radius 3 is 2.82 bits per heavy atom. The Balaban J connectivity index is 1.40. The Labute approximate surface area is 193 Å². The first-order valence-corrected chi connectivity index (χ1v) is 11.1. The number of nitrogens with one attached hydrogen (secondary N) is 1. The van der Waals surface area contributed by atoms with Gasteiger partial charge in [0.2, 0.25) is 11.1 Å². The Hall–Kier alpha value is -3.73. The van der Waals surface area contributed by atoms with Gasteiger partial charge in [-0.2, -0.15) is 9.78 Å². The van der Waals surface area contributed by atoms with Crippen LogP contribution in [-0.2, 0) is 11.3 Å². The number of tetrazole rings is 1. The van der Waals surface area contributed by atoms with Crippen LogP contribution in [0.2, 0.25) is 0 Å². The van der Waals surface area contributed by atoms with Gasteiger partial charge in [-0.05, 0) is 59.2 Å². The Morgan fingerprint density at radius 1 is 1.18 bits per heavy atom. The van der Waals surface area contributed by atoms with Gasteiger partial charge in [-0.25, -0.2) is 9.07 Å². The number of ether oxygens (including phenoxy) is 1. The van der Waals surface area contributed by atoms with Gasteiger partial charge in [-0.15, -0.1) is 5.10 Å². The van der Waals surface area contributed by atoms with Gasteiger partial charge >= 0.3 is 0 Å². The molecule has 0 bridgehead atoms. The third-order valence-corrected chi connectivity index (χ3v) is 5.82. The molecule has 0 radical (unpaired) electrons. The number of anilines is 1. The van der Waals surface area contributed by atoms with Gasteiger partial charge in [0.25, 0.3) is 0 Å². The highest BCUT2D eigenvalue weighted by Crippen LogP contribution is 2.22. The molecule has 11 heteroatoms. The normalized spacial score (nSPS) is 10.9. The summed E-state index contributed by atoms with van der Waals surface area (Å²) in [5.74, 6) is 0.0934. The zero-order chi connectivity index (χ0) is 23.4. The monoisotopic (exact) mass is 467 g/mol. The average Bonchev–Trinajstić information content (AvgIpc) is 3.43. The van der Waals surface area contributed by atoms with Crippen LogP contribution >= 0.6 is 11.8 Å². The standard InChI is InChI=1S/C22H22FN7O2S/c1-14-4-5-15(2)18(10-14)30-22(26-27-28-30)33-13-21(31)25-20-8-9-24-29(20)12-16-6-7-19(32-3)17(23)11-16/h4-11H,12-13H2,1-3H3,(H,25,31). The van der Waals surface area contributed by atoms with Crippen molar-refractivity contribution >= 4 is 23.5 Å². The van der Waals surface area contributed by atoms with E-state index >= 15 is 0 Å². The van der Waals surface area contributed by atoms with E-state index in [4.69, 9.17) is 4.74 Å². The van der Waals surface area contributed by atoms with Crippen LogP contribution in [0.3, 0.4) is 0 Å². The van der Waals surface area contributed by atoms with Crippen LogP contribution in [0.25, 0.3) is 5.69 Å². The summed E-state index contributed by atoms with van der Waals surface area (Å²) in [4.78, 5) is 12.6. The van der Waals surface area contributed by atoms with Crippen LogP contribution in [0.5, 0.6) is 5.75 Å². The van der Waals surface area contributed by atoms with Crippen molar-refractivity contribution in [3.63, 3.8) is 0 Å². The number of hydrogen-bond acceptors (Lipinski definition) is 7. The van der Waals surface area contributed by atoms with Crippen LogP contribution in [-0.4, -0.2) is 48.8 Å². The van der Waals surface area contributed by atoms with Gasteiger partial charge in [0.05, 0.1) is 31.3 Å². The Morgan fingerprint density at radius 2 is 2.03 bits per heavy atom. The minimum absolute atomic E-state index is 0.105. The second-order valence-corrected chi connectivity index (χ2v) is 8.29. The fourth-order valence-electron chi connectivity index (χ4n) is 3.22. The first kappa shape index (κ1) is 22.5. The van der Waals surface area contributed by atoms with E-state index in [0.717, 1.165) is 16.8 Å². The number of amides is 1. The lowest BCUT2D eigenvalue weighted by molar-refractivity contribution is -0.113. The van der Waals surface area contributed by atoms with E-state index in [0.29, 0.717) is 23.1 Å². The highest BCUT2D eigenvalue weighted by Gasteiger charge is 2.15. The summed E-state index contributed by atoms with van der Waals surface area (Å²) in [5, 5.41) is 19.5. The number of nitrogens with zero attached hydrogens (tertiary/aromatic N) is 6. The van der Waals surface area contributed by atoms with E-state index in [1.807, 2.05) is 32.0 Å². The molecule has 0 aliphatic carbocycles. The molecule has 33 heavy (non-hydrogen) atoms. The van der Waals surface area contributed by atoms with Crippen molar-refractivity contribution in [3.05, 3.63) is 71.2 Å². The van der Waals surface area contributed by atoms with E-state index in [9.17, 15) is 9.18 Å². The molecule has 0 atom stereocenters. The lowest BCUT2D eigenvalue weighted by atomic mass is 10.1. The average molecular weight is 468 g/mol. The summed E-state index contributed by atoms with van der Waals surface area (Å²) >= 11 is 1.23. The summed E-state index contributed by atoms with van der Waals surface area (Å²) in [6.07, 6.45) is 1.57. The number of aryl methyl sites for hydroxylation is 2. The molecule has 9 nitrogen and oxygen atoms in total. The van der Waals surface area contributed by atoms with E-state index < -0.39 is 5.82 Å². The molecule has 4 rings (SSSR count). The number of methoxy groups -OCH3 is 1. The number of aromatic nitrogens is 6. The molecule has 2 aromatic heterocycles. The van der Waals surface area contributed by atoms with Crippen molar-refractivity contribution < 1.29 is 13.9 Å². The van der Waals surface area contributed by atoms with Crippen molar-refractivity contribution in [2.24, 2.45) is 0 Å². The summed E-state index contributed by atoms with van der Waals surface area (Å²) in [6, 6.07) is 12.4. The number of benzene rings is 2. The van der Waals surface area contributed by atoms with Crippen molar-refractivity contribution in [2.75, 3.05) is 18.2 Å². The van der Waals surface area contributed by atoms with Crippen LogP contribution in [0.15, 0.2) is 53.8 Å². The fourth-order valence-corrected chi connectivity index (χ4v) is 3.91. The summed E-state index contributed by atoms with van der Waals surface area (Å²) < 4.78 is 22.1. The van der Waals surface area contributed by atoms with Crippen LogP contribution in [0.4, 0.5) is 10.2 Å². The Bertz CT molecular complexity index is 1290. The highest BCUT2D eigenvalue weighted by molar-refractivity contribution is 7.99. The molecule has 0 aliphatic heterocycles. The number of thioether (sulfide) groups is 1. The van der Waals surface area contributed by atoms with Gasteiger partial charge in [-0.1, -0.05) is 30.0 Å². The molecule has 4 aromatic rings. The highest BCUT2D eigenvalue weighted by atomic mass is 32.2. The minimum atomic E-state index is -0.453. The maximum atomic E-state index is 14.0. The number of carbonyl (C=O) groups excluding carboxylic acids is 1. The molecule has 1 N–H and O–H groups in total. The first-order valence-electron chi connectivity index (χ1n) is 10.1. The molecular weight excluding hydrogens is 445 g/mol. The third kappa shape index (κ3) is 5.20. The van der Waals surface area contributed by atoms with Gasteiger partial charge in [0.1, 0.15) is 5.82 Å². The van der Waals surface area contributed by atoms with Crippen LogP contribution < -0.4 is 10.1 Å². The van der Waals surface area contributed by atoms with E-state index in [1.165, 1.54) is 24.9 Å². The molecule has 0 fully saturated rings. The molecule has 170 valence electrons. The number of rotatable bonds is 8. The molecule has 0 unspecified atom stereocenters. The molecule has 0 aliphatic rings. The van der Waals surface area contributed by atoms with Gasteiger partial charge in [-0.3, -0.25) is 4.79 Å². The molecule has 2 aromatic carbocycles. The van der Waals surface area contributed by atoms with E-state index in [2.05, 4.69) is 25.9 Å². The number of hydrogen-bond donors (Lipinski definition) is 1. The molecule has 1 amide bonds. The maximum Gasteiger partial charge on any atom is 0.235 e. The van der Waals surface area contributed by atoms with E-state index in [1.54, 1.807) is 33.8 Å². The smallest absolute Gasteiger partial charge is 0.235 e. The first-order chi connectivity index (χ1) is 15.9. The third-order valence-electron chi connectivity index (χ3n) is 4.90. The molecule has 2 heterocycles. The fraction of sp³-hybridized carbons (Fsp3) is 0.227. The molecule has 0 saturated carbocycles. The Kier molecular flexibility index (Phi) is 6.68.